The molecule has 1 amide bonds. The summed E-state index contributed by atoms with van der Waals surface area (Å²) >= 11 is 1.50. The summed E-state index contributed by atoms with van der Waals surface area (Å²) in [7, 11) is 0. The van der Waals surface area contributed by atoms with Crippen molar-refractivity contribution in [3.05, 3.63) is 29.8 Å². The van der Waals surface area contributed by atoms with Crippen LogP contribution in [0.4, 0.5) is 0 Å². The lowest BCUT2D eigenvalue weighted by Crippen LogP contribution is -2.39. The van der Waals surface area contributed by atoms with E-state index < -0.39 is 0 Å². The summed E-state index contributed by atoms with van der Waals surface area (Å²) in [4.78, 5) is 14.8. The summed E-state index contributed by atoms with van der Waals surface area (Å²) in [6.07, 6.45) is 4.77. The summed E-state index contributed by atoms with van der Waals surface area (Å²) in [6, 6.07) is 8.72. The van der Waals surface area contributed by atoms with E-state index in [1.54, 1.807) is 0 Å². The lowest BCUT2D eigenvalue weighted by molar-refractivity contribution is -0.130. The first kappa shape index (κ1) is 19.0. The maximum atomic E-state index is 12.7. The molecule has 1 aliphatic rings. The van der Waals surface area contributed by atoms with E-state index in [-0.39, 0.29) is 5.91 Å². The van der Waals surface area contributed by atoms with Gasteiger partial charge in [-0.1, -0.05) is 48.4 Å². The first-order valence-electron chi connectivity index (χ1n) is 9.56. The van der Waals surface area contributed by atoms with Crippen LogP contribution in [0.1, 0.15) is 45.1 Å². The molecule has 0 spiro atoms. The number of hydrogen-bond acceptors (Lipinski definition) is 4. The van der Waals surface area contributed by atoms with Gasteiger partial charge in [0, 0.05) is 24.7 Å². The zero-order valence-electron chi connectivity index (χ0n) is 15.9. The zero-order chi connectivity index (χ0) is 18.5. The Balaban J connectivity index is 1.71. The van der Waals surface area contributed by atoms with Gasteiger partial charge < -0.3 is 9.47 Å². The molecule has 1 fully saturated rings. The number of nitrogens with zero attached hydrogens (tertiary/aromatic N) is 4. The van der Waals surface area contributed by atoms with Crippen LogP contribution in [0.25, 0.3) is 11.4 Å². The normalized spacial score (nSPS) is 14.7. The number of hydrogen-bond donors (Lipinski definition) is 0. The molecule has 3 rings (SSSR count). The van der Waals surface area contributed by atoms with Gasteiger partial charge >= 0.3 is 0 Å². The summed E-state index contributed by atoms with van der Waals surface area (Å²) in [6.45, 7) is 7.81. The Labute approximate surface area is 160 Å². The molecule has 0 bridgehead atoms. The van der Waals surface area contributed by atoms with Gasteiger partial charge in [0.05, 0.1) is 5.75 Å². The molecule has 0 atom stereocenters. The molecule has 0 aliphatic heterocycles. The highest BCUT2D eigenvalue weighted by Gasteiger charge is 2.25. The molecule has 1 aromatic heterocycles. The molecule has 1 saturated carbocycles. The van der Waals surface area contributed by atoms with Gasteiger partial charge in [-0.15, -0.1) is 10.2 Å². The zero-order valence-corrected chi connectivity index (χ0v) is 16.8. The summed E-state index contributed by atoms with van der Waals surface area (Å²) < 4.78 is 2.10. The molecular weight excluding hydrogens is 344 g/mol. The SMILES string of the molecule is CCN(C(=O)CSc1nnc(-c2cccc(C)c2)n1CC)C1CCCC1. The third-order valence-corrected chi connectivity index (χ3v) is 6.01. The Morgan fingerprint density at radius 1 is 1.27 bits per heavy atom. The van der Waals surface area contributed by atoms with Gasteiger partial charge in [-0.25, -0.2) is 0 Å². The molecule has 0 saturated heterocycles. The quantitative estimate of drug-likeness (QED) is 0.685. The van der Waals surface area contributed by atoms with Crippen LogP contribution in [0, 0.1) is 6.92 Å². The van der Waals surface area contributed by atoms with Crippen LogP contribution in [0.5, 0.6) is 0 Å². The first-order valence-corrected chi connectivity index (χ1v) is 10.5. The van der Waals surface area contributed by atoms with Crippen LogP contribution < -0.4 is 0 Å². The lowest BCUT2D eigenvalue weighted by atomic mass is 10.1. The Hall–Kier alpha value is -1.82. The fraction of sp³-hybridized carbons (Fsp3) is 0.550. The molecule has 6 heteroatoms. The van der Waals surface area contributed by atoms with E-state index in [2.05, 4.69) is 53.7 Å². The standard InChI is InChI=1S/C20H28N4OS/c1-4-23(17-11-6-7-12-17)18(25)14-26-20-22-21-19(24(20)5-2)16-10-8-9-15(3)13-16/h8-10,13,17H,4-7,11-12,14H2,1-3H3. The van der Waals surface area contributed by atoms with Crippen LogP contribution in [0.3, 0.4) is 0 Å². The molecule has 1 aromatic carbocycles. The van der Waals surface area contributed by atoms with Crippen LogP contribution in [-0.4, -0.2) is 43.9 Å². The van der Waals surface area contributed by atoms with E-state index in [0.717, 1.165) is 42.5 Å². The lowest BCUT2D eigenvalue weighted by Gasteiger charge is -2.27. The van der Waals surface area contributed by atoms with Crippen molar-refractivity contribution in [2.45, 2.75) is 64.2 Å². The summed E-state index contributed by atoms with van der Waals surface area (Å²) in [5.41, 5.74) is 2.27. The topological polar surface area (TPSA) is 51.0 Å². The van der Waals surface area contributed by atoms with Crippen molar-refractivity contribution < 1.29 is 4.79 Å². The predicted molar refractivity (Wildman–Crippen MR) is 106 cm³/mol. The monoisotopic (exact) mass is 372 g/mol. The second-order valence-electron chi connectivity index (χ2n) is 6.83. The van der Waals surface area contributed by atoms with Gasteiger partial charge in [0.2, 0.25) is 5.91 Å². The summed E-state index contributed by atoms with van der Waals surface area (Å²) in [5.74, 6) is 1.51. The van der Waals surface area contributed by atoms with Gasteiger partial charge in [-0.2, -0.15) is 0 Å². The average Bonchev–Trinajstić information content (AvgIpc) is 3.30. The minimum absolute atomic E-state index is 0.215. The highest BCUT2D eigenvalue weighted by atomic mass is 32.2. The Bertz CT molecular complexity index is 752. The minimum Gasteiger partial charge on any atom is -0.339 e. The highest BCUT2D eigenvalue weighted by molar-refractivity contribution is 7.99. The molecule has 0 radical (unpaired) electrons. The smallest absolute Gasteiger partial charge is 0.233 e. The highest BCUT2D eigenvalue weighted by Crippen LogP contribution is 2.27. The van der Waals surface area contributed by atoms with E-state index in [1.165, 1.54) is 30.2 Å². The van der Waals surface area contributed by atoms with Crippen LogP contribution in [0.2, 0.25) is 0 Å². The molecule has 0 unspecified atom stereocenters. The van der Waals surface area contributed by atoms with Crippen LogP contribution >= 0.6 is 11.8 Å². The second kappa shape index (κ2) is 8.71. The maximum Gasteiger partial charge on any atom is 0.233 e. The van der Waals surface area contributed by atoms with Crippen molar-refractivity contribution in [1.29, 1.82) is 0 Å². The number of aryl methyl sites for hydroxylation is 1. The van der Waals surface area contributed by atoms with Gasteiger partial charge in [0.25, 0.3) is 0 Å². The van der Waals surface area contributed by atoms with Gasteiger partial charge in [0.15, 0.2) is 11.0 Å². The van der Waals surface area contributed by atoms with Crippen molar-refractivity contribution in [2.24, 2.45) is 0 Å². The molecule has 0 N–H and O–H groups in total. The first-order chi connectivity index (χ1) is 12.6. The Morgan fingerprint density at radius 2 is 2.04 bits per heavy atom. The number of amides is 1. The average molecular weight is 373 g/mol. The van der Waals surface area contributed by atoms with Crippen molar-refractivity contribution in [1.82, 2.24) is 19.7 Å². The van der Waals surface area contributed by atoms with Crippen molar-refractivity contribution in [3.8, 4) is 11.4 Å². The van der Waals surface area contributed by atoms with E-state index in [4.69, 9.17) is 0 Å². The number of aromatic nitrogens is 3. The predicted octanol–water partition coefficient (Wildman–Crippen LogP) is 4.16. The number of carbonyl (C=O) groups is 1. The van der Waals surface area contributed by atoms with E-state index in [9.17, 15) is 4.79 Å². The minimum atomic E-state index is 0.215. The molecule has 1 aliphatic carbocycles. The second-order valence-corrected chi connectivity index (χ2v) is 7.77. The molecule has 5 nitrogen and oxygen atoms in total. The van der Waals surface area contributed by atoms with E-state index in [1.807, 2.05) is 11.0 Å². The third-order valence-electron chi connectivity index (χ3n) is 5.06. The number of rotatable bonds is 7. The van der Waals surface area contributed by atoms with Gasteiger partial charge in [-0.05, 0) is 39.7 Å². The van der Waals surface area contributed by atoms with E-state index >= 15 is 0 Å². The number of carbonyl (C=O) groups excluding carboxylic acids is 1. The molecular formula is C20H28N4OS. The maximum absolute atomic E-state index is 12.7. The molecule has 140 valence electrons. The fourth-order valence-electron chi connectivity index (χ4n) is 3.74. The van der Waals surface area contributed by atoms with Crippen molar-refractivity contribution >= 4 is 17.7 Å². The third kappa shape index (κ3) is 4.11. The molecule has 2 aromatic rings. The molecule has 26 heavy (non-hydrogen) atoms. The number of benzene rings is 1. The van der Waals surface area contributed by atoms with Gasteiger partial charge in [-0.3, -0.25) is 4.79 Å². The van der Waals surface area contributed by atoms with Crippen molar-refractivity contribution in [2.75, 3.05) is 12.3 Å². The Kier molecular flexibility index (Phi) is 6.35. The van der Waals surface area contributed by atoms with Gasteiger partial charge in [0.1, 0.15) is 0 Å². The van der Waals surface area contributed by atoms with E-state index in [0.29, 0.717) is 11.8 Å². The Morgan fingerprint density at radius 3 is 2.69 bits per heavy atom. The largest absolute Gasteiger partial charge is 0.339 e. The van der Waals surface area contributed by atoms with Crippen LogP contribution in [-0.2, 0) is 11.3 Å². The molecule has 1 heterocycles. The van der Waals surface area contributed by atoms with Crippen LogP contribution in [0.15, 0.2) is 29.4 Å². The number of thioether (sulfide) groups is 1. The summed E-state index contributed by atoms with van der Waals surface area (Å²) in [5, 5.41) is 9.56. The fourth-order valence-corrected chi connectivity index (χ4v) is 4.63. The van der Waals surface area contributed by atoms with Crippen molar-refractivity contribution in [3.63, 3.8) is 0 Å².